The van der Waals surface area contributed by atoms with E-state index in [2.05, 4.69) is 5.32 Å². The molecule has 1 aromatic carbocycles. The van der Waals surface area contributed by atoms with Crippen molar-refractivity contribution >= 4 is 22.8 Å². The van der Waals surface area contributed by atoms with E-state index < -0.39 is 11.4 Å². The fourth-order valence-corrected chi connectivity index (χ4v) is 2.60. The highest BCUT2D eigenvalue weighted by atomic mass is 16.5. The summed E-state index contributed by atoms with van der Waals surface area (Å²) in [7, 11) is 1.49. The summed E-state index contributed by atoms with van der Waals surface area (Å²) in [4.78, 5) is 37.2. The van der Waals surface area contributed by atoms with Gasteiger partial charge in [0.05, 0.1) is 24.6 Å². The topological polar surface area (TPSA) is 86.6 Å². The standard InChI is InChI=1S/C19H24N2O5/c1-6-26-18(24)14-10-21(11-16(22)20-19(2,3)4)15-8-7-12(25-5)9-13(15)17(14)23/h7-10H,6,11H2,1-5H3,(H,20,22). The lowest BCUT2D eigenvalue weighted by Gasteiger charge is -2.21. The first kappa shape index (κ1) is 19.5. The van der Waals surface area contributed by atoms with Gasteiger partial charge in [-0.15, -0.1) is 0 Å². The molecule has 0 bridgehead atoms. The van der Waals surface area contributed by atoms with Gasteiger partial charge < -0.3 is 19.4 Å². The number of rotatable bonds is 5. The molecule has 0 aliphatic carbocycles. The number of aromatic nitrogens is 1. The summed E-state index contributed by atoms with van der Waals surface area (Å²) in [6, 6.07) is 4.94. The lowest BCUT2D eigenvalue weighted by Crippen LogP contribution is -2.42. The van der Waals surface area contributed by atoms with Gasteiger partial charge in [-0.25, -0.2) is 4.79 Å². The van der Waals surface area contributed by atoms with E-state index in [1.807, 2.05) is 20.8 Å². The molecule has 0 saturated carbocycles. The van der Waals surface area contributed by atoms with Gasteiger partial charge in [0.15, 0.2) is 0 Å². The van der Waals surface area contributed by atoms with Gasteiger partial charge >= 0.3 is 5.97 Å². The third kappa shape index (κ3) is 4.41. The lowest BCUT2D eigenvalue weighted by atomic mass is 10.1. The summed E-state index contributed by atoms with van der Waals surface area (Å²) in [6.07, 6.45) is 1.37. The van der Waals surface area contributed by atoms with Crippen molar-refractivity contribution in [3.63, 3.8) is 0 Å². The molecule has 0 unspecified atom stereocenters. The number of carbonyl (C=O) groups is 2. The summed E-state index contributed by atoms with van der Waals surface area (Å²) in [5, 5.41) is 3.15. The van der Waals surface area contributed by atoms with Crippen LogP contribution < -0.4 is 15.5 Å². The molecule has 0 spiro atoms. The molecule has 0 saturated heterocycles. The molecule has 7 nitrogen and oxygen atoms in total. The number of carbonyl (C=O) groups excluding carboxylic acids is 2. The van der Waals surface area contributed by atoms with Crippen molar-refractivity contribution in [3.05, 3.63) is 40.2 Å². The van der Waals surface area contributed by atoms with Gasteiger partial charge in [0.2, 0.25) is 11.3 Å². The molecule has 7 heteroatoms. The van der Waals surface area contributed by atoms with Crippen LogP contribution in [0, 0.1) is 0 Å². The molecule has 140 valence electrons. The minimum atomic E-state index is -0.716. The van der Waals surface area contributed by atoms with Crippen molar-refractivity contribution < 1.29 is 19.1 Å². The van der Waals surface area contributed by atoms with Crippen molar-refractivity contribution in [2.75, 3.05) is 13.7 Å². The number of nitrogens with one attached hydrogen (secondary N) is 1. The van der Waals surface area contributed by atoms with Crippen LogP contribution in [0.25, 0.3) is 10.9 Å². The predicted octanol–water partition coefficient (Wildman–Crippen LogP) is 2.10. The van der Waals surface area contributed by atoms with Gasteiger partial charge in [-0.1, -0.05) is 0 Å². The van der Waals surface area contributed by atoms with Crippen molar-refractivity contribution in [1.29, 1.82) is 0 Å². The van der Waals surface area contributed by atoms with Crippen molar-refractivity contribution in [2.24, 2.45) is 0 Å². The van der Waals surface area contributed by atoms with Gasteiger partial charge in [0, 0.05) is 11.7 Å². The van der Waals surface area contributed by atoms with E-state index in [-0.39, 0.29) is 30.2 Å². The van der Waals surface area contributed by atoms with E-state index in [0.717, 1.165) is 0 Å². The fourth-order valence-electron chi connectivity index (χ4n) is 2.60. The molecular formula is C19H24N2O5. The number of pyridine rings is 1. The second kappa shape index (κ2) is 7.59. The summed E-state index contributed by atoms with van der Waals surface area (Å²) in [5.41, 5.74) is -0.423. The van der Waals surface area contributed by atoms with Gasteiger partial charge in [-0.2, -0.15) is 0 Å². The number of nitrogens with zero attached hydrogens (tertiary/aromatic N) is 1. The quantitative estimate of drug-likeness (QED) is 0.825. The summed E-state index contributed by atoms with van der Waals surface area (Å²) < 4.78 is 11.7. The Balaban J connectivity index is 2.60. The van der Waals surface area contributed by atoms with Crippen LogP contribution in [-0.2, 0) is 16.1 Å². The van der Waals surface area contributed by atoms with Crippen LogP contribution in [0.1, 0.15) is 38.1 Å². The molecule has 2 aromatic rings. The van der Waals surface area contributed by atoms with E-state index in [1.165, 1.54) is 13.3 Å². The van der Waals surface area contributed by atoms with Crippen LogP contribution in [0.4, 0.5) is 0 Å². The smallest absolute Gasteiger partial charge is 0.343 e. The Kier molecular flexibility index (Phi) is 5.69. The molecule has 2 rings (SSSR count). The highest BCUT2D eigenvalue weighted by Crippen LogP contribution is 2.19. The van der Waals surface area contributed by atoms with E-state index in [0.29, 0.717) is 16.7 Å². The molecule has 0 aliphatic rings. The number of esters is 1. The largest absolute Gasteiger partial charge is 0.497 e. The predicted molar refractivity (Wildman–Crippen MR) is 98.6 cm³/mol. The normalized spacial score (nSPS) is 11.3. The first-order valence-electron chi connectivity index (χ1n) is 8.35. The molecule has 1 aromatic heterocycles. The number of hydrogen-bond acceptors (Lipinski definition) is 5. The number of ether oxygens (including phenoxy) is 2. The number of amides is 1. The number of methoxy groups -OCH3 is 1. The molecule has 0 aliphatic heterocycles. The number of benzene rings is 1. The Hall–Kier alpha value is -2.83. The zero-order chi connectivity index (χ0) is 19.5. The van der Waals surface area contributed by atoms with Crippen LogP contribution in [0.2, 0.25) is 0 Å². The minimum Gasteiger partial charge on any atom is -0.497 e. The fraction of sp³-hybridized carbons (Fsp3) is 0.421. The highest BCUT2D eigenvalue weighted by molar-refractivity contribution is 5.94. The maximum atomic E-state index is 12.7. The van der Waals surface area contributed by atoms with Crippen molar-refractivity contribution in [1.82, 2.24) is 9.88 Å². The Morgan fingerprint density at radius 2 is 1.92 bits per heavy atom. The molecule has 1 heterocycles. The van der Waals surface area contributed by atoms with E-state index in [4.69, 9.17) is 9.47 Å². The van der Waals surface area contributed by atoms with Crippen LogP contribution in [0.5, 0.6) is 5.75 Å². The molecular weight excluding hydrogens is 336 g/mol. The monoisotopic (exact) mass is 360 g/mol. The van der Waals surface area contributed by atoms with E-state index >= 15 is 0 Å². The number of hydrogen-bond donors (Lipinski definition) is 1. The van der Waals surface area contributed by atoms with Gasteiger partial charge in [0.25, 0.3) is 0 Å². The average molecular weight is 360 g/mol. The summed E-state index contributed by atoms with van der Waals surface area (Å²) >= 11 is 0. The number of fused-ring (bicyclic) bond motifs is 1. The molecule has 0 fully saturated rings. The lowest BCUT2D eigenvalue weighted by molar-refractivity contribution is -0.123. The maximum absolute atomic E-state index is 12.7. The average Bonchev–Trinajstić information content (AvgIpc) is 2.55. The van der Waals surface area contributed by atoms with Crippen molar-refractivity contribution in [2.45, 2.75) is 39.8 Å². The molecule has 0 radical (unpaired) electrons. The molecule has 1 amide bonds. The Morgan fingerprint density at radius 1 is 1.23 bits per heavy atom. The zero-order valence-corrected chi connectivity index (χ0v) is 15.7. The van der Waals surface area contributed by atoms with E-state index in [1.54, 1.807) is 29.7 Å². The molecule has 0 atom stereocenters. The second-order valence-corrected chi connectivity index (χ2v) is 6.90. The SMILES string of the molecule is CCOC(=O)c1cn(CC(=O)NC(C)(C)C)c2ccc(OC)cc2c1=O. The maximum Gasteiger partial charge on any atom is 0.343 e. The van der Waals surface area contributed by atoms with Gasteiger partial charge in [-0.05, 0) is 45.9 Å². The minimum absolute atomic E-state index is 0.0349. The second-order valence-electron chi connectivity index (χ2n) is 6.90. The highest BCUT2D eigenvalue weighted by Gasteiger charge is 2.19. The summed E-state index contributed by atoms with van der Waals surface area (Å²) in [5.74, 6) is -0.457. The van der Waals surface area contributed by atoms with Crippen LogP contribution >= 0.6 is 0 Å². The Morgan fingerprint density at radius 3 is 2.50 bits per heavy atom. The first-order chi connectivity index (χ1) is 12.2. The van der Waals surface area contributed by atoms with Crippen LogP contribution in [-0.4, -0.2) is 35.7 Å². The Labute approximate surface area is 151 Å². The zero-order valence-electron chi connectivity index (χ0n) is 15.7. The van der Waals surface area contributed by atoms with E-state index in [9.17, 15) is 14.4 Å². The van der Waals surface area contributed by atoms with Crippen LogP contribution in [0.15, 0.2) is 29.2 Å². The van der Waals surface area contributed by atoms with Crippen LogP contribution in [0.3, 0.4) is 0 Å². The third-order valence-corrected chi connectivity index (χ3v) is 3.61. The first-order valence-corrected chi connectivity index (χ1v) is 8.35. The molecule has 26 heavy (non-hydrogen) atoms. The Bertz CT molecular complexity index is 893. The van der Waals surface area contributed by atoms with Gasteiger partial charge in [0.1, 0.15) is 17.9 Å². The van der Waals surface area contributed by atoms with Gasteiger partial charge in [-0.3, -0.25) is 9.59 Å². The third-order valence-electron chi connectivity index (χ3n) is 3.61. The summed E-state index contributed by atoms with van der Waals surface area (Å²) in [6.45, 7) is 7.42. The molecule has 1 N–H and O–H groups in total. The van der Waals surface area contributed by atoms with Crippen molar-refractivity contribution in [3.8, 4) is 5.75 Å².